The molecular weight excluding hydrogens is 232 g/mol. The molecule has 0 unspecified atom stereocenters. The molecule has 0 radical (unpaired) electrons. The standard InChI is InChI=1S/C11H15BFNO2.C2H6/c1-10(2)11(3,4)16-12(15-10)8-5-6-14-7-9(8)13;1-2/h5-7H,1-4H3;1-2H3. The predicted octanol–water partition coefficient (Wildman–Crippen LogP) is 2.55. The van der Waals surface area contributed by atoms with E-state index in [-0.39, 0.29) is 0 Å². The van der Waals surface area contributed by atoms with Crippen molar-refractivity contribution in [1.29, 1.82) is 0 Å². The summed E-state index contributed by atoms with van der Waals surface area (Å²) in [5.74, 6) is -0.402. The lowest BCUT2D eigenvalue weighted by molar-refractivity contribution is 0.00578. The Bertz CT molecular complexity index is 394. The van der Waals surface area contributed by atoms with Crippen LogP contribution in [0.4, 0.5) is 4.39 Å². The van der Waals surface area contributed by atoms with Gasteiger partial charge in [-0.05, 0) is 33.8 Å². The van der Waals surface area contributed by atoms with Crippen LogP contribution >= 0.6 is 0 Å². The van der Waals surface area contributed by atoms with Crippen molar-refractivity contribution < 1.29 is 13.7 Å². The van der Waals surface area contributed by atoms with Crippen LogP contribution in [0.2, 0.25) is 0 Å². The first-order valence-electron chi connectivity index (χ1n) is 6.28. The largest absolute Gasteiger partial charge is 0.497 e. The number of rotatable bonds is 1. The third-order valence-electron chi connectivity index (χ3n) is 3.31. The van der Waals surface area contributed by atoms with Gasteiger partial charge in [-0.1, -0.05) is 13.8 Å². The van der Waals surface area contributed by atoms with Gasteiger partial charge in [0.1, 0.15) is 5.82 Å². The summed E-state index contributed by atoms with van der Waals surface area (Å²) in [5.41, 5.74) is -0.505. The Kier molecular flexibility index (Phi) is 4.51. The second-order valence-electron chi connectivity index (χ2n) is 4.99. The fraction of sp³-hybridized carbons (Fsp3) is 0.615. The maximum atomic E-state index is 13.5. The van der Waals surface area contributed by atoms with Gasteiger partial charge in [-0.2, -0.15) is 0 Å². The van der Waals surface area contributed by atoms with Crippen LogP contribution in [0, 0.1) is 5.82 Å². The molecule has 2 heterocycles. The topological polar surface area (TPSA) is 31.4 Å². The third kappa shape index (κ3) is 2.73. The number of halogens is 1. The summed E-state index contributed by atoms with van der Waals surface area (Å²) >= 11 is 0. The summed E-state index contributed by atoms with van der Waals surface area (Å²) in [6.07, 6.45) is 2.70. The first-order valence-corrected chi connectivity index (χ1v) is 6.28. The van der Waals surface area contributed by atoms with Crippen molar-refractivity contribution >= 4 is 12.6 Å². The smallest absolute Gasteiger partial charge is 0.399 e. The number of nitrogens with zero attached hydrogens (tertiary/aromatic N) is 1. The molecule has 1 saturated heterocycles. The Morgan fingerprint density at radius 3 is 2.06 bits per heavy atom. The highest BCUT2D eigenvalue weighted by molar-refractivity contribution is 6.62. The maximum Gasteiger partial charge on any atom is 0.497 e. The molecule has 0 bridgehead atoms. The van der Waals surface area contributed by atoms with Gasteiger partial charge < -0.3 is 9.31 Å². The average Bonchev–Trinajstić information content (AvgIpc) is 2.51. The van der Waals surface area contributed by atoms with Crippen molar-refractivity contribution in [3.8, 4) is 0 Å². The third-order valence-corrected chi connectivity index (χ3v) is 3.31. The SMILES string of the molecule is CC.CC1(C)OB(c2ccncc2F)OC1(C)C. The van der Waals surface area contributed by atoms with E-state index in [2.05, 4.69) is 4.98 Å². The molecule has 0 aliphatic carbocycles. The zero-order valence-corrected chi connectivity index (χ0v) is 12.0. The zero-order chi connectivity index (χ0) is 14.0. The lowest BCUT2D eigenvalue weighted by Gasteiger charge is -2.32. The predicted molar refractivity (Wildman–Crippen MR) is 71.3 cm³/mol. The van der Waals surface area contributed by atoms with Crippen LogP contribution in [-0.2, 0) is 9.31 Å². The van der Waals surface area contributed by atoms with E-state index in [9.17, 15) is 4.39 Å². The molecule has 1 aliphatic heterocycles. The van der Waals surface area contributed by atoms with Crippen molar-refractivity contribution in [3.05, 3.63) is 24.3 Å². The molecule has 0 N–H and O–H groups in total. The molecule has 1 aromatic heterocycles. The van der Waals surface area contributed by atoms with Crippen LogP contribution in [-0.4, -0.2) is 23.3 Å². The van der Waals surface area contributed by atoms with Gasteiger partial charge in [-0.3, -0.25) is 4.98 Å². The van der Waals surface area contributed by atoms with Crippen molar-refractivity contribution in [2.24, 2.45) is 0 Å². The van der Waals surface area contributed by atoms with E-state index in [1.54, 1.807) is 6.07 Å². The lowest BCUT2D eigenvalue weighted by atomic mass is 9.79. The minimum atomic E-state index is -0.659. The normalized spacial score (nSPS) is 20.3. The Balaban J connectivity index is 0.000000771. The van der Waals surface area contributed by atoms with Gasteiger partial charge in [-0.25, -0.2) is 4.39 Å². The summed E-state index contributed by atoms with van der Waals surface area (Å²) in [4.78, 5) is 3.70. The molecule has 0 saturated carbocycles. The van der Waals surface area contributed by atoms with Gasteiger partial charge in [0.2, 0.25) is 0 Å². The highest BCUT2D eigenvalue weighted by atomic mass is 19.1. The van der Waals surface area contributed by atoms with E-state index in [1.807, 2.05) is 41.5 Å². The molecule has 5 heteroatoms. The number of hydrogen-bond donors (Lipinski definition) is 0. The van der Waals surface area contributed by atoms with Crippen LogP contribution in [0.3, 0.4) is 0 Å². The molecule has 0 aromatic carbocycles. The average molecular weight is 253 g/mol. The molecule has 0 amide bonds. The van der Waals surface area contributed by atoms with Gasteiger partial charge in [0.25, 0.3) is 0 Å². The number of aromatic nitrogens is 1. The lowest BCUT2D eigenvalue weighted by Crippen LogP contribution is -2.41. The summed E-state index contributed by atoms with van der Waals surface area (Å²) in [6.45, 7) is 11.7. The quantitative estimate of drug-likeness (QED) is 0.721. The maximum absolute atomic E-state index is 13.5. The van der Waals surface area contributed by atoms with Gasteiger partial charge in [0.05, 0.1) is 17.4 Å². The Labute approximate surface area is 109 Å². The van der Waals surface area contributed by atoms with E-state index >= 15 is 0 Å². The molecular formula is C13H21BFNO2. The van der Waals surface area contributed by atoms with Gasteiger partial charge in [0, 0.05) is 11.7 Å². The minimum absolute atomic E-state index is 0.397. The second-order valence-corrected chi connectivity index (χ2v) is 4.99. The van der Waals surface area contributed by atoms with Gasteiger partial charge >= 0.3 is 7.12 Å². The van der Waals surface area contributed by atoms with Crippen molar-refractivity contribution in [2.45, 2.75) is 52.7 Å². The summed E-state index contributed by atoms with van der Waals surface area (Å²) < 4.78 is 25.0. The molecule has 0 atom stereocenters. The van der Waals surface area contributed by atoms with Crippen LogP contribution < -0.4 is 5.46 Å². The summed E-state index contributed by atoms with van der Waals surface area (Å²) in [5, 5.41) is 0. The summed E-state index contributed by atoms with van der Waals surface area (Å²) in [6, 6.07) is 1.58. The molecule has 1 aromatic rings. The molecule has 2 rings (SSSR count). The van der Waals surface area contributed by atoms with Crippen molar-refractivity contribution in [1.82, 2.24) is 4.98 Å². The summed E-state index contributed by atoms with van der Waals surface area (Å²) in [7, 11) is -0.659. The molecule has 3 nitrogen and oxygen atoms in total. The molecule has 1 aliphatic rings. The highest BCUT2D eigenvalue weighted by Gasteiger charge is 2.52. The monoisotopic (exact) mass is 253 g/mol. The van der Waals surface area contributed by atoms with E-state index in [1.165, 1.54) is 12.4 Å². The van der Waals surface area contributed by atoms with Crippen LogP contribution in [0.1, 0.15) is 41.5 Å². The van der Waals surface area contributed by atoms with E-state index in [0.29, 0.717) is 5.46 Å². The van der Waals surface area contributed by atoms with Crippen LogP contribution in [0.5, 0.6) is 0 Å². The Morgan fingerprint density at radius 1 is 1.11 bits per heavy atom. The second kappa shape index (κ2) is 5.37. The van der Waals surface area contributed by atoms with E-state index in [0.717, 1.165) is 0 Å². The minimum Gasteiger partial charge on any atom is -0.399 e. The first kappa shape index (κ1) is 15.1. The van der Waals surface area contributed by atoms with E-state index < -0.39 is 24.1 Å². The van der Waals surface area contributed by atoms with Crippen LogP contribution in [0.15, 0.2) is 18.5 Å². The first-order chi connectivity index (χ1) is 8.33. The number of hydrogen-bond acceptors (Lipinski definition) is 3. The zero-order valence-electron chi connectivity index (χ0n) is 12.0. The van der Waals surface area contributed by atoms with Crippen LogP contribution in [0.25, 0.3) is 0 Å². The van der Waals surface area contributed by atoms with E-state index in [4.69, 9.17) is 9.31 Å². The fourth-order valence-electron chi connectivity index (χ4n) is 1.55. The molecule has 100 valence electrons. The number of pyridine rings is 1. The van der Waals surface area contributed by atoms with Crippen molar-refractivity contribution in [2.75, 3.05) is 0 Å². The molecule has 0 spiro atoms. The molecule has 18 heavy (non-hydrogen) atoms. The van der Waals surface area contributed by atoms with Gasteiger partial charge in [-0.15, -0.1) is 0 Å². The highest BCUT2D eigenvalue weighted by Crippen LogP contribution is 2.36. The Hall–Kier alpha value is -0.935. The Morgan fingerprint density at radius 2 is 1.61 bits per heavy atom. The van der Waals surface area contributed by atoms with Crippen molar-refractivity contribution in [3.63, 3.8) is 0 Å². The fourth-order valence-corrected chi connectivity index (χ4v) is 1.55. The van der Waals surface area contributed by atoms with Gasteiger partial charge in [0.15, 0.2) is 0 Å². The molecule has 1 fully saturated rings.